The number of aromatic nitrogens is 1. The standard InChI is InChI=1S/C16H12Cl2N2O3S/c1-9(21)15-8-19-16-7-12(2-3-14(15)16)20-24(22,23)13-5-10(17)4-11(18)6-13/h2-8,19-20H,1H3. The van der Waals surface area contributed by atoms with Crippen LogP contribution >= 0.6 is 23.2 Å². The van der Waals surface area contributed by atoms with Gasteiger partial charge in [-0.15, -0.1) is 0 Å². The van der Waals surface area contributed by atoms with Crippen LogP contribution in [0.5, 0.6) is 0 Å². The molecule has 3 aromatic rings. The van der Waals surface area contributed by atoms with E-state index in [2.05, 4.69) is 9.71 Å². The summed E-state index contributed by atoms with van der Waals surface area (Å²) in [6.45, 7) is 1.47. The van der Waals surface area contributed by atoms with Crippen LogP contribution in [0.3, 0.4) is 0 Å². The fraction of sp³-hybridized carbons (Fsp3) is 0.0625. The summed E-state index contributed by atoms with van der Waals surface area (Å²) in [7, 11) is -3.84. The number of carbonyl (C=O) groups excluding carboxylic acids is 1. The first-order chi connectivity index (χ1) is 11.3. The van der Waals surface area contributed by atoms with Gasteiger partial charge in [0.2, 0.25) is 0 Å². The van der Waals surface area contributed by atoms with Crippen LogP contribution in [0.25, 0.3) is 10.9 Å². The van der Waals surface area contributed by atoms with Gasteiger partial charge in [0.25, 0.3) is 10.0 Å². The molecule has 3 rings (SSSR count). The van der Waals surface area contributed by atoms with Gasteiger partial charge in [-0.05, 0) is 37.3 Å². The molecule has 1 heterocycles. The number of carbonyl (C=O) groups is 1. The Morgan fingerprint density at radius 2 is 1.75 bits per heavy atom. The molecular formula is C16H12Cl2N2O3S. The van der Waals surface area contributed by atoms with Crippen molar-refractivity contribution < 1.29 is 13.2 Å². The predicted octanol–water partition coefficient (Wildman–Crippen LogP) is 4.48. The average molecular weight is 383 g/mol. The number of anilines is 1. The van der Waals surface area contributed by atoms with Crippen molar-refractivity contribution in [1.82, 2.24) is 4.98 Å². The molecule has 0 fully saturated rings. The first-order valence-corrected chi connectivity index (χ1v) is 9.11. The van der Waals surface area contributed by atoms with Crippen LogP contribution in [0, 0.1) is 0 Å². The summed E-state index contributed by atoms with van der Waals surface area (Å²) < 4.78 is 27.4. The molecule has 0 aliphatic carbocycles. The summed E-state index contributed by atoms with van der Waals surface area (Å²) >= 11 is 11.7. The molecule has 0 unspecified atom stereocenters. The lowest BCUT2D eigenvalue weighted by Gasteiger charge is -2.09. The number of sulfonamides is 1. The Morgan fingerprint density at radius 1 is 1.08 bits per heavy atom. The van der Waals surface area contributed by atoms with Crippen LogP contribution in [-0.2, 0) is 10.0 Å². The number of Topliss-reactive ketones (excluding diaryl/α,β-unsaturated/α-hetero) is 1. The van der Waals surface area contributed by atoms with Crippen LogP contribution in [0.15, 0.2) is 47.5 Å². The van der Waals surface area contributed by atoms with E-state index in [0.717, 1.165) is 5.39 Å². The maximum absolute atomic E-state index is 12.5. The molecule has 1 aromatic heterocycles. The zero-order valence-electron chi connectivity index (χ0n) is 12.4. The molecule has 5 nitrogen and oxygen atoms in total. The summed E-state index contributed by atoms with van der Waals surface area (Å²) in [5.41, 5.74) is 1.57. The van der Waals surface area contributed by atoms with Gasteiger partial charge in [-0.25, -0.2) is 8.42 Å². The first kappa shape index (κ1) is 16.8. The molecule has 8 heteroatoms. The molecular weight excluding hydrogens is 371 g/mol. The maximum atomic E-state index is 12.5. The molecule has 0 aliphatic rings. The minimum absolute atomic E-state index is 0.0315. The second-order valence-electron chi connectivity index (χ2n) is 5.23. The molecule has 0 bridgehead atoms. The third kappa shape index (κ3) is 3.26. The van der Waals surface area contributed by atoms with Crippen LogP contribution < -0.4 is 4.72 Å². The number of rotatable bonds is 4. The molecule has 0 amide bonds. The largest absolute Gasteiger partial charge is 0.360 e. The summed E-state index contributed by atoms with van der Waals surface area (Å²) in [5.74, 6) is -0.0665. The van der Waals surface area contributed by atoms with Gasteiger partial charge in [0.05, 0.1) is 10.6 Å². The number of benzene rings is 2. The van der Waals surface area contributed by atoms with E-state index in [0.29, 0.717) is 16.8 Å². The van der Waals surface area contributed by atoms with Crippen molar-refractivity contribution in [3.63, 3.8) is 0 Å². The maximum Gasteiger partial charge on any atom is 0.261 e. The van der Waals surface area contributed by atoms with Crippen molar-refractivity contribution >= 4 is 55.6 Å². The quantitative estimate of drug-likeness (QED) is 0.652. The molecule has 0 radical (unpaired) electrons. The van der Waals surface area contributed by atoms with Gasteiger partial charge >= 0.3 is 0 Å². The topological polar surface area (TPSA) is 79.0 Å². The van der Waals surface area contributed by atoms with Crippen LogP contribution in [0.1, 0.15) is 17.3 Å². The normalized spacial score (nSPS) is 11.6. The van der Waals surface area contributed by atoms with Crippen molar-refractivity contribution in [3.05, 3.63) is 58.2 Å². The van der Waals surface area contributed by atoms with Crippen LogP contribution in [-0.4, -0.2) is 19.2 Å². The number of halogens is 2. The summed E-state index contributed by atoms with van der Waals surface area (Å²) in [6.07, 6.45) is 1.60. The Hall–Kier alpha value is -2.02. The molecule has 0 atom stereocenters. The number of hydrogen-bond donors (Lipinski definition) is 2. The number of H-pyrrole nitrogens is 1. The fourth-order valence-corrected chi connectivity index (χ4v) is 4.15. The Kier molecular flexibility index (Phi) is 4.29. The Morgan fingerprint density at radius 3 is 2.38 bits per heavy atom. The number of fused-ring (bicyclic) bond motifs is 1. The molecule has 24 heavy (non-hydrogen) atoms. The average Bonchev–Trinajstić information content (AvgIpc) is 2.89. The van der Waals surface area contributed by atoms with E-state index in [1.165, 1.54) is 25.1 Å². The highest BCUT2D eigenvalue weighted by atomic mass is 35.5. The van der Waals surface area contributed by atoms with Gasteiger partial charge in [0.15, 0.2) is 5.78 Å². The van der Waals surface area contributed by atoms with Crippen molar-refractivity contribution in [1.29, 1.82) is 0 Å². The fourth-order valence-electron chi connectivity index (χ4n) is 2.38. The second kappa shape index (κ2) is 6.12. The van der Waals surface area contributed by atoms with Crippen molar-refractivity contribution in [2.75, 3.05) is 4.72 Å². The van der Waals surface area contributed by atoms with Crippen LogP contribution in [0.4, 0.5) is 5.69 Å². The molecule has 124 valence electrons. The highest BCUT2D eigenvalue weighted by Gasteiger charge is 2.17. The van der Waals surface area contributed by atoms with E-state index < -0.39 is 10.0 Å². The van der Waals surface area contributed by atoms with Crippen molar-refractivity contribution in [2.45, 2.75) is 11.8 Å². The highest BCUT2D eigenvalue weighted by molar-refractivity contribution is 7.92. The lowest BCUT2D eigenvalue weighted by atomic mass is 10.1. The molecule has 0 spiro atoms. The molecule has 2 aromatic carbocycles. The Bertz CT molecular complexity index is 1040. The van der Waals surface area contributed by atoms with Gasteiger partial charge in [0, 0.05) is 32.7 Å². The first-order valence-electron chi connectivity index (χ1n) is 6.87. The number of nitrogens with one attached hydrogen (secondary N) is 2. The summed E-state index contributed by atoms with van der Waals surface area (Å²) in [6, 6.07) is 8.98. The third-order valence-electron chi connectivity index (χ3n) is 3.46. The molecule has 2 N–H and O–H groups in total. The number of aromatic amines is 1. The third-order valence-corrected chi connectivity index (χ3v) is 5.26. The lowest BCUT2D eigenvalue weighted by molar-refractivity contribution is 0.101. The number of hydrogen-bond acceptors (Lipinski definition) is 3. The molecule has 0 saturated heterocycles. The van der Waals surface area contributed by atoms with E-state index >= 15 is 0 Å². The molecule has 0 aliphatic heterocycles. The second-order valence-corrected chi connectivity index (χ2v) is 7.78. The van der Waals surface area contributed by atoms with Gasteiger partial charge in [-0.2, -0.15) is 0 Å². The number of ketones is 1. The van der Waals surface area contributed by atoms with Crippen LogP contribution in [0.2, 0.25) is 10.0 Å². The van der Waals surface area contributed by atoms with E-state index in [1.807, 2.05) is 0 Å². The zero-order valence-corrected chi connectivity index (χ0v) is 14.8. The molecule has 0 saturated carbocycles. The van der Waals surface area contributed by atoms with E-state index in [4.69, 9.17) is 23.2 Å². The van der Waals surface area contributed by atoms with Gasteiger partial charge in [-0.1, -0.05) is 29.3 Å². The smallest absolute Gasteiger partial charge is 0.261 e. The minimum Gasteiger partial charge on any atom is -0.360 e. The van der Waals surface area contributed by atoms with E-state index in [9.17, 15) is 13.2 Å². The highest BCUT2D eigenvalue weighted by Crippen LogP contribution is 2.26. The Labute approximate surface area is 148 Å². The lowest BCUT2D eigenvalue weighted by Crippen LogP contribution is -2.12. The summed E-state index contributed by atoms with van der Waals surface area (Å²) in [5, 5.41) is 1.19. The van der Waals surface area contributed by atoms with Crippen molar-refractivity contribution in [2.24, 2.45) is 0 Å². The monoisotopic (exact) mass is 382 g/mol. The Balaban J connectivity index is 1.98. The van der Waals surface area contributed by atoms with Crippen molar-refractivity contribution in [3.8, 4) is 0 Å². The van der Waals surface area contributed by atoms with Gasteiger partial charge in [-0.3, -0.25) is 9.52 Å². The van der Waals surface area contributed by atoms with Gasteiger partial charge < -0.3 is 4.98 Å². The predicted molar refractivity (Wildman–Crippen MR) is 95.6 cm³/mol. The van der Waals surface area contributed by atoms with E-state index in [1.54, 1.807) is 24.4 Å². The van der Waals surface area contributed by atoms with Gasteiger partial charge in [0.1, 0.15) is 0 Å². The SMILES string of the molecule is CC(=O)c1c[nH]c2cc(NS(=O)(=O)c3cc(Cl)cc(Cl)c3)ccc12. The summed E-state index contributed by atoms with van der Waals surface area (Å²) in [4.78, 5) is 14.5. The van der Waals surface area contributed by atoms with E-state index in [-0.39, 0.29) is 20.7 Å². The minimum atomic E-state index is -3.84. The zero-order chi connectivity index (χ0) is 17.5.